The normalized spacial score (nSPS) is 11.4. The number of aryl methyl sites for hydroxylation is 1. The van der Waals surface area contributed by atoms with Gasteiger partial charge in [0.05, 0.1) is 33.1 Å². The van der Waals surface area contributed by atoms with Crippen molar-refractivity contribution in [3.63, 3.8) is 0 Å². The number of hydrogen-bond acceptors (Lipinski definition) is 6. The number of methoxy groups -OCH3 is 1. The predicted octanol–water partition coefficient (Wildman–Crippen LogP) is 4.06. The van der Waals surface area contributed by atoms with E-state index in [1.165, 1.54) is 17.6 Å². The van der Waals surface area contributed by atoms with Crippen LogP contribution in [0, 0.1) is 0 Å². The van der Waals surface area contributed by atoms with E-state index in [1.54, 1.807) is 21.0 Å². The molecule has 0 aliphatic heterocycles. The molecule has 0 heterocycles. The first-order valence-electron chi connectivity index (χ1n) is 9.36. The summed E-state index contributed by atoms with van der Waals surface area (Å²) < 4.78 is 28.1. The molecule has 0 saturated carbocycles. The summed E-state index contributed by atoms with van der Waals surface area (Å²) >= 11 is 0. The second-order valence-electron chi connectivity index (χ2n) is 5.93. The first-order chi connectivity index (χ1) is 12.9. The Morgan fingerprint density at radius 2 is 1.70 bits per heavy atom. The van der Waals surface area contributed by atoms with Crippen LogP contribution in [0.2, 0.25) is 0 Å². The molecule has 0 bridgehead atoms. The van der Waals surface area contributed by atoms with E-state index < -0.39 is 7.60 Å². The van der Waals surface area contributed by atoms with Crippen LogP contribution < -0.4 is 4.74 Å². The molecule has 27 heavy (non-hydrogen) atoms. The lowest BCUT2D eigenvalue weighted by Crippen LogP contribution is -2.31. The van der Waals surface area contributed by atoms with Crippen LogP contribution in [0.5, 0.6) is 5.75 Å². The summed E-state index contributed by atoms with van der Waals surface area (Å²) in [4.78, 5) is 17.3. The minimum atomic E-state index is -3.09. The topological polar surface area (TPSA) is 74.3 Å². The highest BCUT2D eigenvalue weighted by atomic mass is 31.2. The third-order valence-corrected chi connectivity index (χ3v) is 5.98. The molecule has 1 aromatic rings. The molecule has 0 radical (unpaired) electrons. The van der Waals surface area contributed by atoms with E-state index in [0.717, 1.165) is 18.6 Å². The van der Waals surface area contributed by atoms with Gasteiger partial charge in [-0.25, -0.2) is 5.06 Å². The molecule has 0 aliphatic rings. The number of rotatable bonds is 14. The van der Waals surface area contributed by atoms with Crippen molar-refractivity contribution in [2.75, 3.05) is 39.6 Å². The standard InChI is InChI=1S/C19H32NO6P/c1-5-25-27(22,26-6-2)16-8-14-20(17(3)21)24-15-7-9-18-10-12-19(23-4)13-11-18/h10-13H,5-9,14-16H2,1-4H3. The van der Waals surface area contributed by atoms with Crippen molar-refractivity contribution < 1.29 is 28.0 Å². The summed E-state index contributed by atoms with van der Waals surface area (Å²) in [5, 5.41) is 1.32. The number of nitrogens with zero attached hydrogens (tertiary/aromatic N) is 1. The number of benzene rings is 1. The maximum absolute atomic E-state index is 12.4. The van der Waals surface area contributed by atoms with Crippen molar-refractivity contribution in [1.29, 1.82) is 0 Å². The van der Waals surface area contributed by atoms with Gasteiger partial charge < -0.3 is 13.8 Å². The van der Waals surface area contributed by atoms with Crippen molar-refractivity contribution in [2.24, 2.45) is 0 Å². The fourth-order valence-corrected chi connectivity index (χ4v) is 4.17. The van der Waals surface area contributed by atoms with Gasteiger partial charge in [-0.15, -0.1) is 0 Å². The zero-order valence-electron chi connectivity index (χ0n) is 16.8. The number of carbonyl (C=O) groups excluding carboxylic acids is 1. The van der Waals surface area contributed by atoms with Gasteiger partial charge in [-0.1, -0.05) is 12.1 Å². The van der Waals surface area contributed by atoms with Gasteiger partial charge in [0.15, 0.2) is 0 Å². The largest absolute Gasteiger partial charge is 0.497 e. The zero-order chi connectivity index (χ0) is 20.1. The molecule has 0 saturated heterocycles. The van der Waals surface area contributed by atoms with Gasteiger partial charge in [-0.3, -0.25) is 14.2 Å². The van der Waals surface area contributed by atoms with Crippen molar-refractivity contribution in [2.45, 2.75) is 40.0 Å². The molecule has 1 aromatic carbocycles. The zero-order valence-corrected chi connectivity index (χ0v) is 17.7. The lowest BCUT2D eigenvalue weighted by atomic mass is 10.1. The van der Waals surface area contributed by atoms with Crippen LogP contribution in [0.4, 0.5) is 0 Å². The Kier molecular flexibility index (Phi) is 11.3. The van der Waals surface area contributed by atoms with Crippen molar-refractivity contribution in [3.05, 3.63) is 29.8 Å². The molecule has 0 unspecified atom stereocenters. The van der Waals surface area contributed by atoms with Crippen LogP contribution in [0.25, 0.3) is 0 Å². The second kappa shape index (κ2) is 12.9. The molecule has 0 fully saturated rings. The molecule has 0 spiro atoms. The Bertz CT molecular complexity index is 582. The Morgan fingerprint density at radius 3 is 2.22 bits per heavy atom. The minimum Gasteiger partial charge on any atom is -0.497 e. The summed E-state index contributed by atoms with van der Waals surface area (Å²) in [5.41, 5.74) is 1.18. The van der Waals surface area contributed by atoms with Crippen LogP contribution in [-0.2, 0) is 29.7 Å². The molecule has 154 valence electrons. The Balaban J connectivity index is 2.36. The lowest BCUT2D eigenvalue weighted by Gasteiger charge is -2.22. The van der Waals surface area contributed by atoms with Crippen molar-refractivity contribution in [1.82, 2.24) is 5.06 Å². The van der Waals surface area contributed by atoms with Crippen LogP contribution in [0.15, 0.2) is 24.3 Å². The van der Waals surface area contributed by atoms with E-state index >= 15 is 0 Å². The molecule has 0 aromatic heterocycles. The molecule has 8 heteroatoms. The molecular formula is C19H32NO6P. The predicted molar refractivity (Wildman–Crippen MR) is 105 cm³/mol. The van der Waals surface area contributed by atoms with E-state index in [2.05, 4.69) is 0 Å². The molecule has 7 nitrogen and oxygen atoms in total. The molecule has 1 rings (SSSR count). The smallest absolute Gasteiger partial charge is 0.330 e. The van der Waals surface area contributed by atoms with Crippen LogP contribution >= 0.6 is 7.60 Å². The maximum atomic E-state index is 12.4. The fourth-order valence-electron chi connectivity index (χ4n) is 2.52. The average Bonchev–Trinajstić information content (AvgIpc) is 2.64. The van der Waals surface area contributed by atoms with Crippen LogP contribution in [-0.4, -0.2) is 50.6 Å². The SMILES string of the molecule is CCOP(=O)(CCCN(OCCCc1ccc(OC)cc1)C(C)=O)OCC. The van der Waals surface area contributed by atoms with Crippen molar-refractivity contribution in [3.8, 4) is 5.75 Å². The summed E-state index contributed by atoms with van der Waals surface area (Å²) in [7, 11) is -1.45. The lowest BCUT2D eigenvalue weighted by molar-refractivity contribution is -0.184. The number of hydrogen-bond donors (Lipinski definition) is 0. The second-order valence-corrected chi connectivity index (χ2v) is 8.12. The number of carbonyl (C=O) groups is 1. The van der Waals surface area contributed by atoms with E-state index in [9.17, 15) is 9.36 Å². The minimum absolute atomic E-state index is 0.179. The van der Waals surface area contributed by atoms with Gasteiger partial charge in [-0.05, 0) is 50.8 Å². The van der Waals surface area contributed by atoms with Crippen LogP contribution in [0.1, 0.15) is 39.2 Å². The van der Waals surface area contributed by atoms with Gasteiger partial charge >= 0.3 is 7.60 Å². The highest BCUT2D eigenvalue weighted by Crippen LogP contribution is 2.48. The molecule has 0 aliphatic carbocycles. The first kappa shape index (κ1) is 23.6. The van der Waals surface area contributed by atoms with E-state index in [4.69, 9.17) is 18.6 Å². The van der Waals surface area contributed by atoms with E-state index in [1.807, 2.05) is 24.3 Å². The molecule has 1 amide bonds. The van der Waals surface area contributed by atoms with E-state index in [-0.39, 0.29) is 12.1 Å². The van der Waals surface area contributed by atoms with Gasteiger partial charge in [0.2, 0.25) is 5.91 Å². The van der Waals surface area contributed by atoms with Gasteiger partial charge in [0, 0.05) is 13.5 Å². The third kappa shape index (κ3) is 9.38. The fraction of sp³-hybridized carbons (Fsp3) is 0.632. The Hall–Kier alpha value is -1.40. The third-order valence-electron chi connectivity index (χ3n) is 3.81. The number of amides is 1. The van der Waals surface area contributed by atoms with E-state index in [0.29, 0.717) is 32.8 Å². The summed E-state index contributed by atoms with van der Waals surface area (Å²) in [6.07, 6.45) is 2.37. The van der Waals surface area contributed by atoms with Gasteiger partial charge in [-0.2, -0.15) is 0 Å². The summed E-state index contributed by atoms with van der Waals surface area (Å²) in [6, 6.07) is 7.88. The molecule has 0 atom stereocenters. The number of hydroxylamine groups is 2. The van der Waals surface area contributed by atoms with Gasteiger partial charge in [0.1, 0.15) is 5.75 Å². The molecular weight excluding hydrogens is 369 g/mol. The maximum Gasteiger partial charge on any atom is 0.330 e. The first-order valence-corrected chi connectivity index (χ1v) is 11.1. The Morgan fingerprint density at radius 1 is 1.07 bits per heavy atom. The average molecular weight is 401 g/mol. The number of ether oxygens (including phenoxy) is 1. The van der Waals surface area contributed by atoms with Crippen LogP contribution in [0.3, 0.4) is 0 Å². The van der Waals surface area contributed by atoms with Crippen molar-refractivity contribution >= 4 is 13.5 Å². The monoisotopic (exact) mass is 401 g/mol. The Labute approximate surface area is 162 Å². The molecule has 0 N–H and O–H groups in total. The quantitative estimate of drug-likeness (QED) is 0.266. The summed E-state index contributed by atoms with van der Waals surface area (Å²) in [6.45, 7) is 6.44. The highest BCUT2D eigenvalue weighted by Gasteiger charge is 2.23. The highest BCUT2D eigenvalue weighted by molar-refractivity contribution is 7.53. The summed E-state index contributed by atoms with van der Waals surface area (Å²) in [5.74, 6) is 0.649. The van der Waals surface area contributed by atoms with Gasteiger partial charge in [0.25, 0.3) is 0 Å².